The van der Waals surface area contributed by atoms with Gasteiger partial charge in [-0.1, -0.05) is 17.8 Å². The van der Waals surface area contributed by atoms with Crippen molar-refractivity contribution in [1.82, 2.24) is 4.90 Å². The number of hydrogen-bond donors (Lipinski definition) is 0. The molecule has 0 saturated carbocycles. The number of carbonyl (C=O) groups excluding carboxylic acids is 2. The fourth-order valence-electron chi connectivity index (χ4n) is 2.82. The van der Waals surface area contributed by atoms with Gasteiger partial charge < -0.3 is 14.4 Å². The number of nitrogens with zero attached hydrogens (tertiary/aromatic N) is 2. The predicted octanol–water partition coefficient (Wildman–Crippen LogP) is 3.55. The molecule has 2 atom stereocenters. The van der Waals surface area contributed by atoms with Gasteiger partial charge in [-0.2, -0.15) is 0 Å². The predicted molar refractivity (Wildman–Crippen MR) is 116 cm³/mol. The average Bonchev–Trinajstić information content (AvgIpc) is 3.09. The zero-order valence-corrected chi connectivity index (χ0v) is 18.6. The Labute approximate surface area is 185 Å². The molecular formula is C19H19IN2O6S. The normalized spacial score (nSPS) is 25.7. The lowest BCUT2D eigenvalue weighted by Crippen LogP contribution is -2.43. The third-order valence-corrected chi connectivity index (χ3v) is 8.16. The summed E-state index contributed by atoms with van der Waals surface area (Å²) in [6.45, 7) is -0.0609. The van der Waals surface area contributed by atoms with Gasteiger partial charge in [-0.15, -0.1) is 0 Å². The minimum Gasteiger partial charge on any atom is -0.457 e. The van der Waals surface area contributed by atoms with E-state index in [9.17, 15) is 19.7 Å². The molecule has 2 unspecified atom stereocenters. The number of non-ortho nitro benzene ring substituents is 1. The Morgan fingerprint density at radius 1 is 1.38 bits per heavy atom. The van der Waals surface area contributed by atoms with Crippen molar-refractivity contribution < 1.29 is 24.0 Å². The molecule has 0 radical (unpaired) electrons. The molecule has 0 amide bonds. The molecule has 154 valence electrons. The fourth-order valence-corrected chi connectivity index (χ4v) is 4.97. The van der Waals surface area contributed by atoms with Crippen LogP contribution in [0.3, 0.4) is 0 Å². The van der Waals surface area contributed by atoms with Crippen molar-refractivity contribution in [1.29, 1.82) is 0 Å². The highest BCUT2D eigenvalue weighted by Gasteiger charge is 2.51. The van der Waals surface area contributed by atoms with Gasteiger partial charge in [0.15, 0.2) is 0 Å². The molecule has 29 heavy (non-hydrogen) atoms. The Morgan fingerprint density at radius 2 is 2.10 bits per heavy atom. The fraction of sp³-hybridized carbons (Fsp3) is 0.368. The summed E-state index contributed by atoms with van der Waals surface area (Å²) in [5.74, 6) is -0.547. The van der Waals surface area contributed by atoms with E-state index in [1.54, 1.807) is 0 Å². The molecule has 0 spiro atoms. The van der Waals surface area contributed by atoms with Crippen molar-refractivity contribution in [2.75, 3.05) is 12.8 Å². The first-order chi connectivity index (χ1) is 13.7. The highest BCUT2D eigenvalue weighted by molar-refractivity contribution is 14.1. The number of ether oxygens (including phenoxy) is 2. The summed E-state index contributed by atoms with van der Waals surface area (Å²) in [6, 6.07) is 5.75. The van der Waals surface area contributed by atoms with Gasteiger partial charge in [-0.05, 0) is 52.4 Å². The molecular weight excluding hydrogens is 511 g/mol. The Morgan fingerprint density at radius 3 is 2.69 bits per heavy atom. The molecule has 0 bridgehead atoms. The molecule has 1 saturated heterocycles. The van der Waals surface area contributed by atoms with E-state index in [4.69, 9.17) is 9.47 Å². The average molecular weight is 530 g/mol. The van der Waals surface area contributed by atoms with Crippen LogP contribution in [-0.4, -0.2) is 43.0 Å². The molecule has 0 aliphatic carbocycles. The van der Waals surface area contributed by atoms with E-state index in [1.807, 2.05) is 36.4 Å². The minimum absolute atomic E-state index is 0.0390. The summed E-state index contributed by atoms with van der Waals surface area (Å²) in [5.41, 5.74) is 0.571. The second kappa shape index (κ2) is 8.74. The molecule has 2 aliphatic heterocycles. The third-order valence-electron chi connectivity index (χ3n) is 4.63. The van der Waals surface area contributed by atoms with E-state index in [-0.39, 0.29) is 28.7 Å². The zero-order chi connectivity index (χ0) is 21.1. The van der Waals surface area contributed by atoms with E-state index in [0.717, 1.165) is 0 Å². The number of thioether (sulfide) groups is 1. The maximum absolute atomic E-state index is 12.8. The Balaban J connectivity index is 1.66. The summed E-state index contributed by atoms with van der Waals surface area (Å²) in [4.78, 5) is 35.5. The summed E-state index contributed by atoms with van der Waals surface area (Å²) in [5, 5.41) is 10.7. The number of hydrogen-bond acceptors (Lipinski definition) is 8. The van der Waals surface area contributed by atoms with Crippen molar-refractivity contribution >= 4 is 52.0 Å². The van der Waals surface area contributed by atoms with Crippen LogP contribution in [0.2, 0.25) is 0 Å². The maximum Gasteiger partial charge on any atom is 0.361 e. The van der Waals surface area contributed by atoms with Crippen LogP contribution in [0.5, 0.6) is 0 Å². The number of halogens is 1. The van der Waals surface area contributed by atoms with Crippen LogP contribution in [-0.2, 0) is 25.7 Å². The number of nitro groups is 1. The van der Waals surface area contributed by atoms with Gasteiger partial charge in [-0.25, -0.2) is 4.79 Å². The van der Waals surface area contributed by atoms with E-state index in [0.29, 0.717) is 11.3 Å². The first-order valence-corrected chi connectivity index (χ1v) is 10.8. The summed E-state index contributed by atoms with van der Waals surface area (Å²) < 4.78 is 10.5. The van der Waals surface area contributed by atoms with Gasteiger partial charge in [0, 0.05) is 37.6 Å². The summed E-state index contributed by atoms with van der Waals surface area (Å²) >= 11 is 3.55. The number of esters is 2. The third kappa shape index (κ3) is 4.92. The van der Waals surface area contributed by atoms with Gasteiger partial charge >= 0.3 is 11.9 Å². The highest BCUT2D eigenvalue weighted by Crippen LogP contribution is 2.43. The van der Waals surface area contributed by atoms with Crippen LogP contribution in [0.15, 0.2) is 48.7 Å². The molecule has 0 aromatic heterocycles. The number of allylic oxidation sites excluding steroid dienone is 2. The first-order valence-electron chi connectivity index (χ1n) is 8.78. The van der Waals surface area contributed by atoms with Crippen LogP contribution in [0.4, 0.5) is 5.69 Å². The van der Waals surface area contributed by atoms with Crippen LogP contribution in [0.1, 0.15) is 18.4 Å². The number of cyclic esters (lactones) is 1. The van der Waals surface area contributed by atoms with Crippen LogP contribution < -0.4 is 0 Å². The Hall–Kier alpha value is -2.08. The molecule has 8 nitrogen and oxygen atoms in total. The molecule has 3 rings (SSSR count). The summed E-state index contributed by atoms with van der Waals surface area (Å²) in [7, 11) is 1.94. The number of benzene rings is 1. The van der Waals surface area contributed by atoms with E-state index in [1.165, 1.54) is 36.0 Å². The van der Waals surface area contributed by atoms with E-state index < -0.39 is 21.8 Å². The van der Waals surface area contributed by atoms with Crippen molar-refractivity contribution in [2.24, 2.45) is 0 Å². The van der Waals surface area contributed by atoms with Crippen molar-refractivity contribution in [3.8, 4) is 0 Å². The van der Waals surface area contributed by atoms with Crippen molar-refractivity contribution in [2.45, 2.75) is 27.9 Å². The standard InChI is InChI=1S/C19H19IN2O6S/c1-21-11-3-2-9-18(21,20)13-29-19(10-8-16(23)28-19)17(24)27-12-14-4-6-15(7-5-14)22(25)26/h2-7,9,11H,8,10,12-13H2,1H3. The molecule has 1 fully saturated rings. The second-order valence-electron chi connectivity index (χ2n) is 6.65. The molecule has 1 aromatic carbocycles. The van der Waals surface area contributed by atoms with Crippen LogP contribution in [0, 0.1) is 10.1 Å². The highest BCUT2D eigenvalue weighted by atomic mass is 127. The lowest BCUT2D eigenvalue weighted by Gasteiger charge is -2.37. The van der Waals surface area contributed by atoms with Gasteiger partial charge in [0.1, 0.15) is 10.2 Å². The summed E-state index contributed by atoms with van der Waals surface area (Å²) in [6.07, 6.45) is 8.21. The lowest BCUT2D eigenvalue weighted by molar-refractivity contribution is -0.384. The van der Waals surface area contributed by atoms with Crippen LogP contribution >= 0.6 is 34.4 Å². The molecule has 1 aromatic rings. The topological polar surface area (TPSA) is 99.0 Å². The Kier molecular flexibility index (Phi) is 6.52. The van der Waals surface area contributed by atoms with Gasteiger partial charge in [0.05, 0.1) is 11.3 Å². The zero-order valence-electron chi connectivity index (χ0n) is 15.6. The largest absolute Gasteiger partial charge is 0.457 e. The number of rotatable bonds is 7. The molecule has 0 N–H and O–H groups in total. The van der Waals surface area contributed by atoms with E-state index in [2.05, 4.69) is 22.6 Å². The SMILES string of the molecule is CN1C=CC=CC1(I)CSC1(C(=O)OCc2ccc([N+](=O)[O-])cc2)CCC(=O)O1. The number of alkyl halides is 1. The smallest absolute Gasteiger partial charge is 0.361 e. The molecule has 10 heteroatoms. The van der Waals surface area contributed by atoms with Gasteiger partial charge in [-0.3, -0.25) is 14.9 Å². The number of nitro benzene ring substituents is 1. The van der Waals surface area contributed by atoms with Crippen LogP contribution in [0.25, 0.3) is 0 Å². The Bertz CT molecular complexity index is 874. The van der Waals surface area contributed by atoms with Gasteiger partial charge in [0.25, 0.3) is 10.6 Å². The molecule has 2 heterocycles. The van der Waals surface area contributed by atoms with Crippen molar-refractivity contribution in [3.05, 3.63) is 64.4 Å². The first kappa shape index (κ1) is 21.6. The van der Waals surface area contributed by atoms with Crippen molar-refractivity contribution in [3.63, 3.8) is 0 Å². The minimum atomic E-state index is -1.38. The monoisotopic (exact) mass is 530 g/mol. The number of likely N-dealkylation sites (N-methyl/N-ethyl adjacent to an activating group) is 1. The lowest BCUT2D eigenvalue weighted by atomic mass is 10.2. The second-order valence-corrected chi connectivity index (χ2v) is 9.75. The number of carbonyl (C=O) groups is 2. The maximum atomic E-state index is 12.8. The van der Waals surface area contributed by atoms with Gasteiger partial charge in [0.2, 0.25) is 0 Å². The molecule has 2 aliphatic rings. The van der Waals surface area contributed by atoms with E-state index >= 15 is 0 Å². The quantitative estimate of drug-likeness (QED) is 0.132.